The van der Waals surface area contributed by atoms with E-state index >= 15 is 0 Å². The molecule has 3 heterocycles. The first-order valence-electron chi connectivity index (χ1n) is 43.7. The number of aliphatic carboxylic acids is 2. The summed E-state index contributed by atoms with van der Waals surface area (Å²) in [5, 5.41) is 25.1. The van der Waals surface area contributed by atoms with Gasteiger partial charge >= 0.3 is 30.0 Å². The van der Waals surface area contributed by atoms with Crippen LogP contribution in [-0.2, 0) is 108 Å². The topological polar surface area (TPSA) is 329 Å². The Morgan fingerprint density at radius 2 is 0.764 bits per heavy atom. The summed E-state index contributed by atoms with van der Waals surface area (Å²) < 4.78 is 32.6. The Bertz CT molecular complexity index is 3900. The second-order valence-corrected chi connectivity index (χ2v) is 45.7. The second-order valence-electron chi connectivity index (χ2n) is 35.0. The van der Waals surface area contributed by atoms with Gasteiger partial charge in [0.2, 0.25) is 20.1 Å². The number of nitrogens with zero attached hydrogens (tertiary/aromatic N) is 3. The Hall–Kier alpha value is -8.05. The van der Waals surface area contributed by atoms with Gasteiger partial charge in [0.1, 0.15) is 31.6 Å². The zero-order chi connectivity index (χ0) is 90.7. The molecule has 28 heteroatoms. The number of benzene rings is 5. The molecule has 0 saturated carbocycles. The highest BCUT2D eigenvalue weighted by atomic mass is 127. The Morgan fingerprint density at radius 1 is 0.423 bits per heavy atom. The van der Waals surface area contributed by atoms with Crippen LogP contribution in [0.15, 0.2) is 152 Å². The summed E-state index contributed by atoms with van der Waals surface area (Å²) >= 11 is 2.29. The fraction of sp³-hybridized carbons (Fsp3) is 0.568. The Labute approximate surface area is 747 Å². The second kappa shape index (κ2) is 59.8. The zero-order valence-corrected chi connectivity index (χ0v) is 79.3. The third kappa shape index (κ3) is 49.4. The van der Waals surface area contributed by atoms with Crippen molar-refractivity contribution in [1.82, 2.24) is 30.3 Å². The van der Waals surface area contributed by atoms with Gasteiger partial charge in [0.15, 0.2) is 5.78 Å². The molecule has 3 saturated heterocycles. The van der Waals surface area contributed by atoms with E-state index in [9.17, 15) is 63.0 Å². The largest absolute Gasteiger partial charge is 0.518 e. The number of carbonyl (C=O) groups excluding carboxylic acids is 9. The van der Waals surface area contributed by atoms with E-state index in [1.165, 1.54) is 4.43 Å². The predicted octanol–water partition coefficient (Wildman–Crippen LogP) is 13.8. The minimum absolute atomic E-state index is 0.00219. The fourth-order valence-electron chi connectivity index (χ4n) is 13.8. The molecular weight excluding hydrogens is 1710 g/mol. The number of morpholine rings is 3. The number of amides is 2. The normalized spacial score (nSPS) is 15.6. The number of Topliss-reactive ketones (excluding diaryl/α,β-unsaturated/α-hetero) is 4. The van der Waals surface area contributed by atoms with Gasteiger partial charge in [0, 0.05) is 77.3 Å². The van der Waals surface area contributed by atoms with Gasteiger partial charge in [-0.15, -0.1) is 0 Å². The molecule has 0 aliphatic carbocycles. The lowest BCUT2D eigenvalue weighted by Crippen LogP contribution is -2.58. The van der Waals surface area contributed by atoms with Crippen LogP contribution in [0.1, 0.15) is 134 Å². The number of ketones is 4. The van der Waals surface area contributed by atoms with E-state index in [1.807, 2.05) is 214 Å². The summed E-state index contributed by atoms with van der Waals surface area (Å²) in [6.45, 7) is 35.5. The molecule has 5 aromatic carbocycles. The summed E-state index contributed by atoms with van der Waals surface area (Å²) in [5.41, 5.74) is 5.09. The highest BCUT2D eigenvalue weighted by molar-refractivity contribution is 14.1. The van der Waals surface area contributed by atoms with Crippen LogP contribution in [0, 0.1) is 41.4 Å². The first kappa shape index (κ1) is 107. The molecule has 0 spiro atoms. The van der Waals surface area contributed by atoms with Crippen molar-refractivity contribution in [2.24, 2.45) is 41.4 Å². The molecule has 123 heavy (non-hydrogen) atoms. The summed E-state index contributed by atoms with van der Waals surface area (Å²) in [4.78, 5) is 148. The fourth-order valence-corrected chi connectivity index (χ4v) is 15.9. The number of carbonyl (C=O) groups is 11. The number of rotatable bonds is 45. The van der Waals surface area contributed by atoms with Crippen LogP contribution in [-0.4, -0.2) is 234 Å². The van der Waals surface area contributed by atoms with Gasteiger partial charge in [-0.3, -0.25) is 62.6 Å². The van der Waals surface area contributed by atoms with E-state index in [-0.39, 0.29) is 111 Å². The summed E-state index contributed by atoms with van der Waals surface area (Å²) in [7, 11) is -3.71. The monoisotopic (exact) mass is 1850 g/mol. The van der Waals surface area contributed by atoms with Crippen LogP contribution in [0.4, 0.5) is 4.79 Å². The molecule has 680 valence electrons. The number of carboxylic acids is 2. The number of ether oxygens (including phenoxy) is 5. The molecular formula is C95H141IN6O19Si2. The van der Waals surface area contributed by atoms with Gasteiger partial charge < -0.3 is 53.9 Å². The number of hydrogen-bond donors (Lipinski definition) is 5. The number of carboxylic acid groups (broad SMARTS) is 2. The number of esters is 1. The van der Waals surface area contributed by atoms with Crippen LogP contribution >= 0.6 is 22.6 Å². The van der Waals surface area contributed by atoms with Gasteiger partial charge in [-0.25, -0.2) is 4.79 Å². The maximum absolute atomic E-state index is 13.6. The molecule has 2 amide bonds. The number of nitrogens with one attached hydrogen (secondary N) is 3. The first-order chi connectivity index (χ1) is 58.5. The van der Waals surface area contributed by atoms with Gasteiger partial charge in [0.05, 0.1) is 95.7 Å². The van der Waals surface area contributed by atoms with E-state index < -0.39 is 76.4 Å². The highest BCUT2D eigenvalue weighted by Crippen LogP contribution is 2.24. The number of alkyl halides is 1. The minimum Gasteiger partial charge on any atom is -0.518 e. The Kier molecular flexibility index (Phi) is 52.1. The van der Waals surface area contributed by atoms with Crippen LogP contribution in [0.25, 0.3) is 0 Å². The molecule has 3 aliphatic rings. The SMILES string of the molecule is CC(C)CC(N[Si](C)(C)C)C(=O)N[C@@H](Cc1ccccc1)C(=O)O[Si](C)(C)C.CC(C)COC(=O)OC(=O)[C@H](CCc1ccccc1)CC(=O)CN1CCOCC1.CC(C)C[C@H](NC(=O)[C@H](CCc1ccccc1)CC(=O)CN1CCOCC1)C(=O)C[C@@H](Cc1ccccc1)C(=O)O.CCI.O=C(C[C@@H](CCc1ccccc1)C(=O)O)CN1CCOCC1. The quantitative estimate of drug-likeness (QED) is 0.00795. The molecule has 1 unspecified atom stereocenters. The van der Waals surface area contributed by atoms with Gasteiger partial charge in [-0.2, -0.15) is 0 Å². The minimum atomic E-state index is -2.05. The lowest BCUT2D eigenvalue weighted by Gasteiger charge is -2.30. The molecule has 8 rings (SSSR count). The number of hydrogen-bond acceptors (Lipinski definition) is 21. The van der Waals surface area contributed by atoms with Crippen molar-refractivity contribution in [2.45, 2.75) is 196 Å². The third-order valence-electron chi connectivity index (χ3n) is 20.0. The highest BCUT2D eigenvalue weighted by Gasteiger charge is 2.35. The van der Waals surface area contributed by atoms with Crippen molar-refractivity contribution >= 4 is 104 Å². The molecule has 0 radical (unpaired) electrons. The number of halogens is 1. The molecule has 5 N–H and O–H groups in total. The van der Waals surface area contributed by atoms with E-state index in [4.69, 9.17) is 28.1 Å². The molecule has 5 aromatic rings. The molecule has 3 aliphatic heterocycles. The zero-order valence-electron chi connectivity index (χ0n) is 75.2. The number of aryl methyl sites for hydroxylation is 3. The van der Waals surface area contributed by atoms with Crippen molar-refractivity contribution in [3.8, 4) is 0 Å². The average molecular weight is 1850 g/mol. The third-order valence-corrected chi connectivity index (χ3v) is 22.1. The summed E-state index contributed by atoms with van der Waals surface area (Å²) in [6.07, 6.45) is 4.18. The standard InChI is InChI=1S/C33H44N2O6.C22H31NO6.C21H38N2O3Si2.C17H23NO4.C2H5I/c1-24(2)19-30(31(37)22-28(33(39)40)20-26-11-7-4-8-12-26)34-32(38)27(14-13-25-9-5-3-6-10-25)21-29(36)23-35-15-17-41-18-16-35;1-17(2)16-28-22(26)29-21(25)19(9-8-18-6-4-3-5-7-18)14-20(24)15-23-10-12-27-13-11-23;1-16(2)14-18(23-27(3,4)5)20(24)22-19(21(25)26-28(6,7)8)15-17-12-10-9-11-13-17;19-16(13-18-8-10-22-11-9-18)12-15(17(20)21)7-6-14-4-2-1-3-5-14;1-2-3/h3-12,24,27-28,30H,13-23H2,1-2H3,(H,34,38)(H,39,40);3-7,17,19H,8-16H2,1-2H3;9-13,16,18-19,23H,14-15H2,1-8H3,(H,22,24);1-5,15H,6-13H2,(H,20,21);2H2,1H3/t27-,28-,30+;19-;18?,19-;15-;/m1101./s1. The van der Waals surface area contributed by atoms with E-state index in [1.54, 1.807) is 0 Å². The Balaban J connectivity index is 0.000000348. The van der Waals surface area contributed by atoms with Crippen molar-refractivity contribution < 1.29 is 91.1 Å². The van der Waals surface area contributed by atoms with E-state index in [0.29, 0.717) is 130 Å². The van der Waals surface area contributed by atoms with Crippen LogP contribution < -0.4 is 15.6 Å². The lowest BCUT2D eigenvalue weighted by molar-refractivity contribution is -0.147. The van der Waals surface area contributed by atoms with Crippen LogP contribution in [0.3, 0.4) is 0 Å². The van der Waals surface area contributed by atoms with Gasteiger partial charge in [-0.1, -0.05) is 242 Å². The summed E-state index contributed by atoms with van der Waals surface area (Å²) in [6, 6.07) is 46.5. The average Bonchev–Trinajstić information content (AvgIpc) is 0.851. The van der Waals surface area contributed by atoms with Crippen molar-refractivity contribution in [3.05, 3.63) is 179 Å². The van der Waals surface area contributed by atoms with E-state index in [2.05, 4.69) is 78.6 Å². The van der Waals surface area contributed by atoms with Crippen LogP contribution in [0.2, 0.25) is 39.3 Å². The van der Waals surface area contributed by atoms with Crippen molar-refractivity contribution in [2.75, 3.05) is 110 Å². The van der Waals surface area contributed by atoms with Gasteiger partial charge in [-0.05, 0) is 127 Å². The Morgan fingerprint density at radius 3 is 1.13 bits per heavy atom. The molecule has 0 bridgehead atoms. The maximum Gasteiger partial charge on any atom is 0.516 e. The molecule has 0 aromatic heterocycles. The van der Waals surface area contributed by atoms with Crippen molar-refractivity contribution in [1.29, 1.82) is 0 Å². The van der Waals surface area contributed by atoms with Crippen LogP contribution in [0.5, 0.6) is 0 Å². The first-order valence-corrected chi connectivity index (χ1v) is 52.1. The predicted molar refractivity (Wildman–Crippen MR) is 493 cm³/mol. The van der Waals surface area contributed by atoms with Gasteiger partial charge in [0.25, 0.3) is 0 Å². The molecule has 25 nitrogen and oxygen atoms in total. The molecule has 3 fully saturated rings. The maximum atomic E-state index is 13.6. The van der Waals surface area contributed by atoms with Crippen molar-refractivity contribution in [3.63, 3.8) is 0 Å². The molecule has 7 atom stereocenters. The smallest absolute Gasteiger partial charge is 0.516 e. The lowest BCUT2D eigenvalue weighted by atomic mass is 9.88. The van der Waals surface area contributed by atoms with E-state index in [0.717, 1.165) is 47.3 Å². The summed E-state index contributed by atoms with van der Waals surface area (Å²) in [5.74, 6) is -5.91.